The maximum atomic E-state index is 5.72. The lowest BCUT2D eigenvalue weighted by Crippen LogP contribution is -2.75. The minimum absolute atomic E-state index is 0.764. The Hall–Kier alpha value is -2.20. The van der Waals surface area contributed by atoms with Gasteiger partial charge in [-0.25, -0.2) is 5.32 Å². The highest BCUT2D eigenvalue weighted by Gasteiger charge is 2.19. The predicted molar refractivity (Wildman–Crippen MR) is 112 cm³/mol. The van der Waals surface area contributed by atoms with Gasteiger partial charge in [0.05, 0.1) is 5.56 Å². The zero-order chi connectivity index (χ0) is 18.2. The van der Waals surface area contributed by atoms with Gasteiger partial charge in [-0.05, 0) is 49.7 Å². The molecule has 4 heteroatoms. The van der Waals surface area contributed by atoms with E-state index in [1.165, 1.54) is 36.8 Å². The van der Waals surface area contributed by atoms with Crippen LogP contribution in [0.2, 0.25) is 0 Å². The van der Waals surface area contributed by atoms with Crippen molar-refractivity contribution in [2.24, 2.45) is 0 Å². The van der Waals surface area contributed by atoms with E-state index in [9.17, 15) is 0 Å². The van der Waals surface area contributed by atoms with E-state index in [-0.39, 0.29) is 0 Å². The summed E-state index contributed by atoms with van der Waals surface area (Å²) in [6.45, 7) is 4.97. The summed E-state index contributed by atoms with van der Waals surface area (Å²) in [5.74, 6) is 0.975. The van der Waals surface area contributed by atoms with Gasteiger partial charge in [-0.1, -0.05) is 60.9 Å². The summed E-state index contributed by atoms with van der Waals surface area (Å²) in [5, 5.41) is 4.31. The highest BCUT2D eigenvalue weighted by Crippen LogP contribution is 2.10. The SMILES string of the molecule is Cc1ccc(C(NC(=S)N2CCCCCC2)=[NH+]Cc2ccccc2)cc1. The summed E-state index contributed by atoms with van der Waals surface area (Å²) in [4.78, 5) is 5.86. The van der Waals surface area contributed by atoms with Crippen molar-refractivity contribution in [3.8, 4) is 0 Å². The van der Waals surface area contributed by atoms with Crippen LogP contribution in [0.3, 0.4) is 0 Å². The molecule has 0 bridgehead atoms. The monoisotopic (exact) mass is 366 g/mol. The van der Waals surface area contributed by atoms with Crippen LogP contribution in [0.15, 0.2) is 54.6 Å². The van der Waals surface area contributed by atoms with Crippen LogP contribution >= 0.6 is 12.2 Å². The van der Waals surface area contributed by atoms with Gasteiger partial charge in [-0.2, -0.15) is 0 Å². The summed E-state index contributed by atoms with van der Waals surface area (Å²) in [5.41, 5.74) is 3.63. The lowest BCUT2D eigenvalue weighted by atomic mass is 10.1. The molecule has 1 aliphatic heterocycles. The van der Waals surface area contributed by atoms with Crippen LogP contribution in [0.4, 0.5) is 0 Å². The quantitative estimate of drug-likeness (QED) is 0.497. The normalized spacial score (nSPS) is 15.4. The zero-order valence-electron chi connectivity index (χ0n) is 15.5. The number of likely N-dealkylation sites (tertiary alicyclic amines) is 1. The minimum atomic E-state index is 0.764. The molecule has 0 saturated carbocycles. The van der Waals surface area contributed by atoms with Crippen molar-refractivity contribution in [1.29, 1.82) is 0 Å². The van der Waals surface area contributed by atoms with Crippen molar-refractivity contribution in [2.45, 2.75) is 39.2 Å². The molecule has 1 fully saturated rings. The second-order valence-corrected chi connectivity index (χ2v) is 7.30. The number of aryl methyl sites for hydroxylation is 1. The van der Waals surface area contributed by atoms with Gasteiger partial charge in [-0.3, -0.25) is 4.99 Å². The number of amidine groups is 1. The number of nitrogens with zero attached hydrogens (tertiary/aromatic N) is 1. The molecular formula is C22H28N3S+. The topological polar surface area (TPSA) is 29.2 Å². The molecule has 0 atom stereocenters. The molecule has 0 spiro atoms. The Bertz CT molecular complexity index is 730. The first kappa shape index (κ1) is 18.6. The molecule has 2 aromatic rings. The first-order valence-corrected chi connectivity index (χ1v) is 9.91. The van der Waals surface area contributed by atoms with Crippen LogP contribution < -0.4 is 10.3 Å². The van der Waals surface area contributed by atoms with E-state index >= 15 is 0 Å². The van der Waals surface area contributed by atoms with E-state index in [4.69, 9.17) is 12.2 Å². The molecule has 1 saturated heterocycles. The molecule has 0 aromatic heterocycles. The van der Waals surface area contributed by atoms with Gasteiger partial charge in [0, 0.05) is 13.1 Å². The highest BCUT2D eigenvalue weighted by molar-refractivity contribution is 7.80. The molecule has 0 unspecified atom stereocenters. The zero-order valence-corrected chi connectivity index (χ0v) is 16.3. The summed E-state index contributed by atoms with van der Waals surface area (Å²) in [6, 6.07) is 19.0. The molecule has 0 radical (unpaired) electrons. The first-order valence-electron chi connectivity index (χ1n) is 9.50. The Labute approximate surface area is 162 Å². The standard InChI is InChI=1S/C22H27N3S/c1-18-11-13-20(14-12-18)21(23-17-19-9-5-4-6-10-19)24-22(26)25-15-7-2-3-8-16-25/h4-6,9-14H,2-3,7-8,15-17H2,1H3,(H,23,24,26)/p+1. The van der Waals surface area contributed by atoms with E-state index in [0.717, 1.165) is 36.1 Å². The average Bonchev–Trinajstić information content (AvgIpc) is 2.96. The third kappa shape index (κ3) is 5.40. The highest BCUT2D eigenvalue weighted by atomic mass is 32.1. The Morgan fingerprint density at radius 1 is 0.962 bits per heavy atom. The number of rotatable bonds is 3. The second-order valence-electron chi connectivity index (χ2n) is 6.91. The maximum absolute atomic E-state index is 5.72. The van der Waals surface area contributed by atoms with E-state index in [2.05, 4.69) is 70.7 Å². The fourth-order valence-electron chi connectivity index (χ4n) is 3.18. The molecule has 2 aromatic carbocycles. The molecule has 2 N–H and O–H groups in total. The number of hydrogen-bond acceptors (Lipinski definition) is 1. The van der Waals surface area contributed by atoms with Gasteiger partial charge in [0.25, 0.3) is 10.9 Å². The summed E-state index contributed by atoms with van der Waals surface area (Å²) in [7, 11) is 0. The predicted octanol–water partition coefficient (Wildman–Crippen LogP) is 2.77. The van der Waals surface area contributed by atoms with Gasteiger partial charge < -0.3 is 4.90 Å². The Kier molecular flexibility index (Phi) is 6.78. The summed E-state index contributed by atoms with van der Waals surface area (Å²) in [6.07, 6.45) is 5.05. The van der Waals surface area contributed by atoms with Crippen LogP contribution in [0, 0.1) is 6.92 Å². The average molecular weight is 367 g/mol. The Balaban J connectivity index is 1.77. The van der Waals surface area contributed by atoms with Gasteiger partial charge >= 0.3 is 0 Å². The number of nitrogens with one attached hydrogen (secondary N) is 2. The third-order valence-electron chi connectivity index (χ3n) is 4.78. The van der Waals surface area contributed by atoms with Crippen LogP contribution in [0.25, 0.3) is 0 Å². The van der Waals surface area contributed by atoms with Gasteiger partial charge in [0.2, 0.25) is 0 Å². The van der Waals surface area contributed by atoms with Crippen LogP contribution in [-0.2, 0) is 6.54 Å². The molecule has 1 aliphatic rings. The van der Waals surface area contributed by atoms with Crippen molar-refractivity contribution in [1.82, 2.24) is 10.2 Å². The summed E-state index contributed by atoms with van der Waals surface area (Å²) < 4.78 is 0. The van der Waals surface area contributed by atoms with E-state index < -0.39 is 0 Å². The van der Waals surface area contributed by atoms with Crippen molar-refractivity contribution >= 4 is 23.2 Å². The fourth-order valence-corrected chi connectivity index (χ4v) is 3.47. The molecule has 0 aliphatic carbocycles. The van der Waals surface area contributed by atoms with E-state index in [1.54, 1.807) is 0 Å². The van der Waals surface area contributed by atoms with Crippen molar-refractivity contribution in [3.05, 3.63) is 71.3 Å². The molecule has 136 valence electrons. The molecular weight excluding hydrogens is 338 g/mol. The first-order chi connectivity index (χ1) is 12.7. The molecule has 1 heterocycles. The van der Waals surface area contributed by atoms with E-state index in [1.807, 2.05) is 6.07 Å². The molecule has 26 heavy (non-hydrogen) atoms. The molecule has 3 nitrogen and oxygen atoms in total. The van der Waals surface area contributed by atoms with Gasteiger partial charge in [0.1, 0.15) is 6.54 Å². The summed E-state index contributed by atoms with van der Waals surface area (Å²) >= 11 is 5.72. The smallest absolute Gasteiger partial charge is 0.282 e. The lowest BCUT2D eigenvalue weighted by molar-refractivity contribution is -0.476. The van der Waals surface area contributed by atoms with E-state index in [0.29, 0.717) is 0 Å². The third-order valence-corrected chi connectivity index (χ3v) is 5.14. The van der Waals surface area contributed by atoms with Crippen molar-refractivity contribution < 1.29 is 4.99 Å². The largest absolute Gasteiger partial charge is 0.330 e. The number of hydrogen-bond donors (Lipinski definition) is 2. The van der Waals surface area contributed by atoms with Crippen LogP contribution in [0.5, 0.6) is 0 Å². The van der Waals surface area contributed by atoms with Gasteiger partial charge in [-0.15, -0.1) is 0 Å². The molecule has 3 rings (SSSR count). The molecule has 0 amide bonds. The lowest BCUT2D eigenvalue weighted by Gasteiger charge is -2.20. The second kappa shape index (κ2) is 9.48. The van der Waals surface area contributed by atoms with Crippen LogP contribution in [-0.4, -0.2) is 28.9 Å². The minimum Gasteiger partial charge on any atom is -0.330 e. The Morgan fingerprint density at radius 2 is 1.62 bits per heavy atom. The fraction of sp³-hybridized carbons (Fsp3) is 0.364. The Morgan fingerprint density at radius 3 is 2.27 bits per heavy atom. The number of thiocarbonyl (C=S) groups is 1. The number of benzene rings is 2. The van der Waals surface area contributed by atoms with Crippen molar-refractivity contribution in [3.63, 3.8) is 0 Å². The maximum Gasteiger partial charge on any atom is 0.282 e. The van der Waals surface area contributed by atoms with Crippen LogP contribution in [0.1, 0.15) is 42.4 Å². The van der Waals surface area contributed by atoms with Gasteiger partial charge in [0.15, 0.2) is 0 Å². The van der Waals surface area contributed by atoms with Crippen molar-refractivity contribution in [2.75, 3.05) is 13.1 Å².